The van der Waals surface area contributed by atoms with E-state index in [-0.39, 0.29) is 11.6 Å². The lowest BCUT2D eigenvalue weighted by atomic mass is 10.2. The lowest BCUT2D eigenvalue weighted by Gasteiger charge is -2.10. The maximum Gasteiger partial charge on any atom is 0.241 e. The summed E-state index contributed by atoms with van der Waals surface area (Å²) in [5.41, 5.74) is 1.42. The fourth-order valence-corrected chi connectivity index (χ4v) is 3.50. The van der Waals surface area contributed by atoms with E-state index in [0.717, 1.165) is 23.0 Å². The van der Waals surface area contributed by atoms with Gasteiger partial charge in [-0.1, -0.05) is 28.1 Å². The van der Waals surface area contributed by atoms with E-state index in [9.17, 15) is 8.78 Å². The Morgan fingerprint density at radius 1 is 1.04 bits per heavy atom. The lowest BCUT2D eigenvalue weighted by molar-refractivity contribution is 0.345. The van der Waals surface area contributed by atoms with Gasteiger partial charge in [0.1, 0.15) is 16.3 Å². The van der Waals surface area contributed by atoms with Crippen molar-refractivity contribution in [2.24, 2.45) is 0 Å². The summed E-state index contributed by atoms with van der Waals surface area (Å²) in [4.78, 5) is 9.04. The number of halogens is 3. The Morgan fingerprint density at radius 3 is 2.75 bits per heavy atom. The zero-order valence-electron chi connectivity index (χ0n) is 14.4. The molecule has 0 fully saturated rings. The number of nitrogens with zero attached hydrogens (tertiary/aromatic N) is 2. The van der Waals surface area contributed by atoms with E-state index >= 15 is 0 Å². The SMILES string of the molecule is Fc1ccc(Oc2nc(-c3cccc(OCCBr)c3)nc3ccsc23)c(F)c1. The van der Waals surface area contributed by atoms with Crippen LogP contribution in [0.4, 0.5) is 8.78 Å². The third-order valence-corrected chi connectivity index (χ3v) is 5.03. The maximum atomic E-state index is 14.0. The fourth-order valence-electron chi connectivity index (χ4n) is 2.58. The highest BCUT2D eigenvalue weighted by Crippen LogP contribution is 2.35. The first-order valence-corrected chi connectivity index (χ1v) is 10.3. The van der Waals surface area contributed by atoms with Crippen molar-refractivity contribution in [1.82, 2.24) is 9.97 Å². The van der Waals surface area contributed by atoms with Gasteiger partial charge in [-0.05, 0) is 35.7 Å². The fraction of sp³-hybridized carbons (Fsp3) is 0.100. The molecule has 2 aromatic carbocycles. The Labute approximate surface area is 171 Å². The molecule has 0 aliphatic rings. The van der Waals surface area contributed by atoms with Crippen LogP contribution in [-0.4, -0.2) is 21.9 Å². The van der Waals surface area contributed by atoms with Gasteiger partial charge in [0.15, 0.2) is 17.4 Å². The van der Waals surface area contributed by atoms with Crippen LogP contribution in [0.15, 0.2) is 53.9 Å². The monoisotopic (exact) mass is 462 g/mol. The van der Waals surface area contributed by atoms with Gasteiger partial charge in [-0.3, -0.25) is 0 Å². The minimum Gasteiger partial charge on any atom is -0.493 e. The van der Waals surface area contributed by atoms with E-state index in [1.165, 1.54) is 17.4 Å². The van der Waals surface area contributed by atoms with E-state index < -0.39 is 11.6 Å². The van der Waals surface area contributed by atoms with Gasteiger partial charge in [-0.25, -0.2) is 13.8 Å². The Balaban J connectivity index is 1.75. The number of fused-ring (bicyclic) bond motifs is 1. The number of hydrogen-bond acceptors (Lipinski definition) is 5. The summed E-state index contributed by atoms with van der Waals surface area (Å²) in [6.45, 7) is 0.534. The normalized spacial score (nSPS) is 11.0. The molecule has 0 aliphatic heterocycles. The summed E-state index contributed by atoms with van der Waals surface area (Å²) in [7, 11) is 0. The van der Waals surface area contributed by atoms with Crippen LogP contribution < -0.4 is 9.47 Å². The number of ether oxygens (including phenoxy) is 2. The molecule has 0 saturated heterocycles. The Hall–Kier alpha value is -2.58. The molecule has 0 unspecified atom stereocenters. The molecule has 0 amide bonds. The molecule has 142 valence electrons. The van der Waals surface area contributed by atoms with Crippen LogP contribution in [-0.2, 0) is 0 Å². The standard InChI is InChI=1S/C20H13BrF2N2O2S/c21-7-8-26-14-3-1-2-12(10-14)19-24-16-6-9-28-18(16)20(25-19)27-17-5-4-13(22)11-15(17)23/h1-6,9-11H,7-8H2. The van der Waals surface area contributed by atoms with Gasteiger partial charge in [0.2, 0.25) is 5.88 Å². The van der Waals surface area contributed by atoms with Gasteiger partial charge in [0.05, 0.1) is 12.1 Å². The number of alkyl halides is 1. The summed E-state index contributed by atoms with van der Waals surface area (Å²) in [5, 5.41) is 2.57. The Kier molecular flexibility index (Phi) is 5.50. The molecule has 0 N–H and O–H groups in total. The van der Waals surface area contributed by atoms with Crippen molar-refractivity contribution in [3.8, 4) is 28.8 Å². The molecule has 4 aromatic rings. The number of hydrogen-bond donors (Lipinski definition) is 0. The molecule has 0 spiro atoms. The topological polar surface area (TPSA) is 44.2 Å². The molecule has 0 aliphatic carbocycles. The summed E-state index contributed by atoms with van der Waals surface area (Å²) in [6.07, 6.45) is 0. The number of benzene rings is 2. The smallest absolute Gasteiger partial charge is 0.241 e. The molecule has 2 aromatic heterocycles. The molecule has 4 nitrogen and oxygen atoms in total. The first-order valence-electron chi connectivity index (χ1n) is 8.31. The van der Waals surface area contributed by atoms with Gasteiger partial charge in [0.25, 0.3) is 0 Å². The van der Waals surface area contributed by atoms with Crippen molar-refractivity contribution in [2.75, 3.05) is 11.9 Å². The van der Waals surface area contributed by atoms with Crippen LogP contribution in [0.2, 0.25) is 0 Å². The van der Waals surface area contributed by atoms with Crippen molar-refractivity contribution in [1.29, 1.82) is 0 Å². The Morgan fingerprint density at radius 2 is 1.93 bits per heavy atom. The molecule has 2 heterocycles. The second-order valence-corrected chi connectivity index (χ2v) is 7.44. The second kappa shape index (κ2) is 8.20. The van der Waals surface area contributed by atoms with Crippen LogP contribution in [0, 0.1) is 11.6 Å². The maximum absolute atomic E-state index is 14.0. The van der Waals surface area contributed by atoms with E-state index in [4.69, 9.17) is 9.47 Å². The van der Waals surface area contributed by atoms with Gasteiger partial charge in [0, 0.05) is 17.0 Å². The highest BCUT2D eigenvalue weighted by Gasteiger charge is 2.15. The highest BCUT2D eigenvalue weighted by atomic mass is 79.9. The van der Waals surface area contributed by atoms with Crippen molar-refractivity contribution in [2.45, 2.75) is 0 Å². The first-order chi connectivity index (χ1) is 13.6. The summed E-state index contributed by atoms with van der Waals surface area (Å²) >= 11 is 4.71. The highest BCUT2D eigenvalue weighted by molar-refractivity contribution is 9.09. The largest absolute Gasteiger partial charge is 0.493 e. The predicted octanol–water partition coefficient (Wildman–Crippen LogP) is 6.20. The van der Waals surface area contributed by atoms with E-state index in [2.05, 4.69) is 25.9 Å². The van der Waals surface area contributed by atoms with Crippen LogP contribution in [0.5, 0.6) is 17.4 Å². The van der Waals surface area contributed by atoms with Gasteiger partial charge < -0.3 is 9.47 Å². The zero-order valence-corrected chi connectivity index (χ0v) is 16.8. The van der Waals surface area contributed by atoms with Gasteiger partial charge in [-0.2, -0.15) is 4.98 Å². The van der Waals surface area contributed by atoms with Crippen molar-refractivity contribution in [3.05, 3.63) is 65.5 Å². The minimum atomic E-state index is -0.796. The van der Waals surface area contributed by atoms with Crippen LogP contribution in [0.25, 0.3) is 21.6 Å². The summed E-state index contributed by atoms with van der Waals surface area (Å²) < 4.78 is 39.2. The van der Waals surface area contributed by atoms with Crippen molar-refractivity contribution in [3.63, 3.8) is 0 Å². The average Bonchev–Trinajstić information content (AvgIpc) is 3.17. The number of aromatic nitrogens is 2. The van der Waals surface area contributed by atoms with Crippen LogP contribution in [0.3, 0.4) is 0 Å². The van der Waals surface area contributed by atoms with E-state index in [0.29, 0.717) is 28.4 Å². The molecule has 0 saturated carbocycles. The zero-order chi connectivity index (χ0) is 19.5. The van der Waals surface area contributed by atoms with Crippen molar-refractivity contribution >= 4 is 37.5 Å². The van der Waals surface area contributed by atoms with Gasteiger partial charge in [-0.15, -0.1) is 11.3 Å². The molecule has 28 heavy (non-hydrogen) atoms. The van der Waals surface area contributed by atoms with Crippen LogP contribution in [0.1, 0.15) is 0 Å². The predicted molar refractivity (Wildman–Crippen MR) is 109 cm³/mol. The number of rotatable bonds is 6. The molecule has 0 bridgehead atoms. The third kappa shape index (κ3) is 3.98. The summed E-state index contributed by atoms with van der Waals surface area (Å²) in [5.74, 6) is -0.238. The van der Waals surface area contributed by atoms with Crippen molar-refractivity contribution < 1.29 is 18.3 Å². The van der Waals surface area contributed by atoms with E-state index in [1.807, 2.05) is 35.7 Å². The molecule has 0 atom stereocenters. The molecule has 4 rings (SSSR count). The third-order valence-electron chi connectivity index (χ3n) is 3.81. The quantitative estimate of drug-likeness (QED) is 0.320. The molecular weight excluding hydrogens is 450 g/mol. The first kappa shape index (κ1) is 18.8. The summed E-state index contributed by atoms with van der Waals surface area (Å²) in [6, 6.07) is 12.4. The molecule has 8 heteroatoms. The van der Waals surface area contributed by atoms with Gasteiger partial charge >= 0.3 is 0 Å². The minimum absolute atomic E-state index is 0.102. The lowest BCUT2D eigenvalue weighted by Crippen LogP contribution is -1.99. The Bertz CT molecular complexity index is 1140. The average molecular weight is 463 g/mol. The molecule has 0 radical (unpaired) electrons. The van der Waals surface area contributed by atoms with E-state index in [1.54, 1.807) is 0 Å². The molecular formula is C20H13BrF2N2O2S. The number of thiophene rings is 1. The van der Waals surface area contributed by atoms with Crippen LogP contribution >= 0.6 is 27.3 Å². The second-order valence-electron chi connectivity index (χ2n) is 5.73.